The summed E-state index contributed by atoms with van der Waals surface area (Å²) in [6, 6.07) is 20.0. The van der Waals surface area contributed by atoms with Crippen LogP contribution in [0.5, 0.6) is 23.0 Å². The first-order chi connectivity index (χ1) is 17.5. The number of ether oxygens (including phenoxy) is 2. The fourth-order valence-electron chi connectivity index (χ4n) is 3.35. The van der Waals surface area contributed by atoms with Gasteiger partial charge in [-0.1, -0.05) is 61.8 Å². The SMILES string of the molecule is CC.Oc1c(F)cc2c(c1Cl)OCCS2.Oc1ccccc1.c1ccc(OCCN2CCCC2)cc1. The van der Waals surface area contributed by atoms with Gasteiger partial charge in [0.15, 0.2) is 17.3 Å². The molecule has 0 amide bonds. The number of nitrogens with zero attached hydrogens (tertiary/aromatic N) is 1. The van der Waals surface area contributed by atoms with Crippen LogP contribution < -0.4 is 9.47 Å². The topological polar surface area (TPSA) is 62.2 Å². The van der Waals surface area contributed by atoms with E-state index in [0.29, 0.717) is 23.0 Å². The van der Waals surface area contributed by atoms with E-state index in [-0.39, 0.29) is 5.02 Å². The molecule has 0 bridgehead atoms. The fraction of sp³-hybridized carbons (Fsp3) is 0.357. The molecule has 1 fully saturated rings. The van der Waals surface area contributed by atoms with Crippen molar-refractivity contribution in [1.29, 1.82) is 0 Å². The second kappa shape index (κ2) is 17.0. The molecular formula is C28H35ClFNO4S. The van der Waals surface area contributed by atoms with E-state index in [1.807, 2.05) is 50.2 Å². The van der Waals surface area contributed by atoms with Crippen molar-refractivity contribution in [3.63, 3.8) is 0 Å². The minimum Gasteiger partial charge on any atom is -0.508 e. The summed E-state index contributed by atoms with van der Waals surface area (Å²) in [5, 5.41) is 17.8. The number of likely N-dealkylation sites (tertiary alicyclic amines) is 1. The summed E-state index contributed by atoms with van der Waals surface area (Å²) in [7, 11) is 0. The number of benzene rings is 3. The number of hydrogen-bond donors (Lipinski definition) is 2. The van der Waals surface area contributed by atoms with E-state index in [1.165, 1.54) is 43.8 Å². The highest BCUT2D eigenvalue weighted by molar-refractivity contribution is 7.99. The zero-order chi connectivity index (χ0) is 26.2. The average Bonchev–Trinajstić information content (AvgIpc) is 3.44. The molecule has 5 nitrogen and oxygen atoms in total. The van der Waals surface area contributed by atoms with Crippen molar-refractivity contribution in [1.82, 2.24) is 4.90 Å². The highest BCUT2D eigenvalue weighted by atomic mass is 35.5. The van der Waals surface area contributed by atoms with Gasteiger partial charge in [-0.25, -0.2) is 4.39 Å². The Hall–Kier alpha value is -2.61. The van der Waals surface area contributed by atoms with Crippen LogP contribution in [0.15, 0.2) is 71.6 Å². The van der Waals surface area contributed by atoms with Crippen LogP contribution in [0.3, 0.4) is 0 Å². The van der Waals surface area contributed by atoms with E-state index in [9.17, 15) is 4.39 Å². The summed E-state index contributed by atoms with van der Waals surface area (Å²) in [6.07, 6.45) is 2.71. The van der Waals surface area contributed by atoms with Crippen LogP contribution in [-0.2, 0) is 0 Å². The average molecular weight is 536 g/mol. The third kappa shape index (κ3) is 10.2. The molecule has 8 heteroatoms. The van der Waals surface area contributed by atoms with Crippen molar-refractivity contribution in [2.45, 2.75) is 31.6 Å². The first-order valence-corrected chi connectivity index (χ1v) is 13.5. The summed E-state index contributed by atoms with van der Waals surface area (Å²) < 4.78 is 23.8. The molecule has 5 rings (SSSR count). The molecule has 2 N–H and O–H groups in total. The van der Waals surface area contributed by atoms with Crippen LogP contribution >= 0.6 is 23.4 Å². The molecule has 0 atom stereocenters. The molecule has 1 saturated heterocycles. The summed E-state index contributed by atoms with van der Waals surface area (Å²) >= 11 is 7.15. The monoisotopic (exact) mass is 535 g/mol. The normalized spacial score (nSPS) is 13.9. The molecule has 2 heterocycles. The van der Waals surface area contributed by atoms with Crippen LogP contribution in [0.25, 0.3) is 0 Å². The molecule has 0 spiro atoms. The second-order valence-electron chi connectivity index (χ2n) is 7.59. The Morgan fingerprint density at radius 1 is 1.00 bits per heavy atom. The molecular weight excluding hydrogens is 501 g/mol. The number of hydrogen-bond acceptors (Lipinski definition) is 6. The Morgan fingerprint density at radius 3 is 2.19 bits per heavy atom. The lowest BCUT2D eigenvalue weighted by Crippen LogP contribution is -2.25. The fourth-order valence-corrected chi connectivity index (χ4v) is 4.52. The van der Waals surface area contributed by atoms with E-state index in [0.717, 1.165) is 24.7 Å². The first-order valence-electron chi connectivity index (χ1n) is 12.2. The van der Waals surface area contributed by atoms with E-state index >= 15 is 0 Å². The maximum Gasteiger partial charge on any atom is 0.174 e. The number of phenolic OH excluding ortho intramolecular Hbond substituents is 2. The quantitative estimate of drug-likeness (QED) is 0.367. The van der Waals surface area contributed by atoms with Gasteiger partial charge < -0.3 is 19.7 Å². The van der Waals surface area contributed by atoms with Crippen molar-refractivity contribution >= 4 is 23.4 Å². The second-order valence-corrected chi connectivity index (χ2v) is 9.11. The van der Waals surface area contributed by atoms with E-state index < -0.39 is 11.6 Å². The van der Waals surface area contributed by atoms with Crippen molar-refractivity contribution in [2.75, 3.05) is 38.6 Å². The zero-order valence-corrected chi connectivity index (χ0v) is 22.4. The van der Waals surface area contributed by atoms with Gasteiger partial charge in [0.25, 0.3) is 0 Å². The number of halogens is 2. The lowest BCUT2D eigenvalue weighted by molar-refractivity contribution is 0.238. The minimum atomic E-state index is -0.707. The molecule has 2 aliphatic heterocycles. The van der Waals surface area contributed by atoms with E-state index in [2.05, 4.69) is 4.90 Å². The number of aromatic hydroxyl groups is 2. The highest BCUT2D eigenvalue weighted by Crippen LogP contribution is 2.44. The third-order valence-corrected chi connectivity index (χ3v) is 6.41. The zero-order valence-electron chi connectivity index (χ0n) is 20.8. The maximum absolute atomic E-state index is 13.0. The van der Waals surface area contributed by atoms with Crippen molar-refractivity contribution < 1.29 is 24.1 Å². The Balaban J connectivity index is 0.000000193. The van der Waals surface area contributed by atoms with Crippen LogP contribution in [-0.4, -0.2) is 53.7 Å². The van der Waals surface area contributed by atoms with Gasteiger partial charge in [-0.15, -0.1) is 11.8 Å². The number of thioether (sulfide) groups is 1. The highest BCUT2D eigenvalue weighted by Gasteiger charge is 2.20. The molecule has 0 aliphatic carbocycles. The Bertz CT molecular complexity index is 1010. The predicted molar refractivity (Wildman–Crippen MR) is 146 cm³/mol. The molecule has 36 heavy (non-hydrogen) atoms. The molecule has 0 radical (unpaired) electrons. The Morgan fingerprint density at radius 2 is 1.61 bits per heavy atom. The lowest BCUT2D eigenvalue weighted by atomic mass is 10.3. The number of fused-ring (bicyclic) bond motifs is 1. The van der Waals surface area contributed by atoms with Gasteiger partial charge in [-0.2, -0.15) is 0 Å². The van der Waals surface area contributed by atoms with E-state index in [1.54, 1.807) is 24.3 Å². The van der Waals surface area contributed by atoms with Crippen molar-refractivity contribution in [3.05, 3.63) is 77.6 Å². The Labute approximate surface area is 222 Å². The van der Waals surface area contributed by atoms with Gasteiger partial charge in [0.2, 0.25) is 0 Å². The molecule has 3 aromatic carbocycles. The van der Waals surface area contributed by atoms with Gasteiger partial charge in [0.1, 0.15) is 23.1 Å². The number of rotatable bonds is 4. The maximum atomic E-state index is 13.0. The molecule has 2 aliphatic rings. The minimum absolute atomic E-state index is 0.0396. The number of para-hydroxylation sites is 2. The molecule has 0 aromatic heterocycles. The lowest BCUT2D eigenvalue weighted by Gasteiger charge is -2.18. The molecule has 196 valence electrons. The van der Waals surface area contributed by atoms with Crippen LogP contribution in [0.1, 0.15) is 26.7 Å². The number of phenols is 2. The van der Waals surface area contributed by atoms with Crippen LogP contribution in [0, 0.1) is 5.82 Å². The van der Waals surface area contributed by atoms with Gasteiger partial charge in [-0.05, 0) is 56.3 Å². The summed E-state index contributed by atoms with van der Waals surface area (Å²) in [5.41, 5.74) is 0. The van der Waals surface area contributed by atoms with Crippen molar-refractivity contribution in [2.24, 2.45) is 0 Å². The van der Waals surface area contributed by atoms with Gasteiger partial charge >= 0.3 is 0 Å². The van der Waals surface area contributed by atoms with Gasteiger partial charge in [0, 0.05) is 12.3 Å². The van der Waals surface area contributed by atoms with Gasteiger partial charge in [0.05, 0.1) is 11.5 Å². The van der Waals surface area contributed by atoms with Crippen molar-refractivity contribution in [3.8, 4) is 23.0 Å². The first kappa shape index (κ1) is 29.6. The third-order valence-electron chi connectivity index (χ3n) is 5.08. The van der Waals surface area contributed by atoms with Crippen LogP contribution in [0.4, 0.5) is 4.39 Å². The van der Waals surface area contributed by atoms with Gasteiger partial charge in [-0.3, -0.25) is 4.90 Å². The Kier molecular flexibility index (Phi) is 13.9. The summed E-state index contributed by atoms with van der Waals surface area (Å²) in [5.74, 6) is 1.21. The molecule has 3 aromatic rings. The molecule has 0 saturated carbocycles. The largest absolute Gasteiger partial charge is 0.508 e. The smallest absolute Gasteiger partial charge is 0.174 e. The predicted octanol–water partition coefficient (Wildman–Crippen LogP) is 7.25. The molecule has 0 unspecified atom stereocenters. The van der Waals surface area contributed by atoms with E-state index in [4.69, 9.17) is 31.3 Å². The summed E-state index contributed by atoms with van der Waals surface area (Å²) in [6.45, 7) is 8.90. The van der Waals surface area contributed by atoms with Crippen LogP contribution in [0.2, 0.25) is 5.02 Å². The summed E-state index contributed by atoms with van der Waals surface area (Å²) in [4.78, 5) is 3.11. The standard InChI is InChI=1S/C12H17NO.C8H6ClFO2S.C6H6O.C2H6/c1-2-6-12(7-3-1)14-11-10-13-8-4-5-9-13;9-6-7(11)4(10)3-5-8(6)12-1-2-13-5;7-6-4-2-1-3-5-6;1-2/h1-3,6-7H,4-5,8-11H2;3,11H,1-2H2;1-5,7H;1-2H3.